The highest BCUT2D eigenvalue weighted by atomic mass is 32.1. The topological polar surface area (TPSA) is 74.2 Å². The van der Waals surface area contributed by atoms with Crippen LogP contribution >= 0.6 is 23.6 Å². The average molecular weight is 400 g/mol. The van der Waals surface area contributed by atoms with Crippen LogP contribution in [-0.2, 0) is 12.8 Å². The summed E-state index contributed by atoms with van der Waals surface area (Å²) in [6.45, 7) is 4.10. The van der Waals surface area contributed by atoms with Crippen molar-refractivity contribution in [1.29, 1.82) is 5.26 Å². The number of rotatable bonds is 3. The second kappa shape index (κ2) is 8.07. The maximum absolute atomic E-state index is 12.6. The molecule has 1 aromatic carbocycles. The zero-order valence-electron chi connectivity index (χ0n) is 15.5. The van der Waals surface area contributed by atoms with E-state index in [1.165, 1.54) is 12.0 Å². The van der Waals surface area contributed by atoms with Gasteiger partial charge in [-0.3, -0.25) is 10.1 Å². The van der Waals surface area contributed by atoms with E-state index in [-0.39, 0.29) is 11.0 Å². The number of nitriles is 1. The van der Waals surface area contributed by atoms with Crippen molar-refractivity contribution in [3.63, 3.8) is 0 Å². The Morgan fingerprint density at radius 2 is 2.22 bits per heavy atom. The lowest BCUT2D eigenvalue weighted by molar-refractivity contribution is 0.0974. The van der Waals surface area contributed by atoms with Crippen molar-refractivity contribution in [2.75, 3.05) is 12.4 Å². The lowest BCUT2D eigenvalue weighted by Crippen LogP contribution is -2.34. The second-order valence-corrected chi connectivity index (χ2v) is 8.25. The molecule has 1 aliphatic carbocycles. The SMILES string of the molecule is COc1c(C)cccc1C(=O)NC(=S)Nc1sc2c(c1C#N)CC[C@H](C)C2. The molecule has 27 heavy (non-hydrogen) atoms. The summed E-state index contributed by atoms with van der Waals surface area (Å²) in [5, 5.41) is 16.2. The van der Waals surface area contributed by atoms with Crippen molar-refractivity contribution >= 4 is 39.6 Å². The Labute approximate surface area is 168 Å². The first-order chi connectivity index (χ1) is 12.9. The predicted molar refractivity (Wildman–Crippen MR) is 112 cm³/mol. The number of nitrogens with one attached hydrogen (secondary N) is 2. The number of benzene rings is 1. The van der Waals surface area contributed by atoms with Gasteiger partial charge in [-0.15, -0.1) is 11.3 Å². The lowest BCUT2D eigenvalue weighted by atomic mass is 9.89. The minimum atomic E-state index is -0.346. The van der Waals surface area contributed by atoms with E-state index in [1.807, 2.05) is 13.0 Å². The van der Waals surface area contributed by atoms with Crippen LogP contribution in [0.3, 0.4) is 0 Å². The Bertz CT molecular complexity index is 943. The molecular formula is C20H21N3O2S2. The van der Waals surface area contributed by atoms with E-state index >= 15 is 0 Å². The number of anilines is 1. The molecule has 1 heterocycles. The van der Waals surface area contributed by atoms with Crippen molar-refractivity contribution in [1.82, 2.24) is 5.32 Å². The molecule has 1 amide bonds. The van der Waals surface area contributed by atoms with E-state index in [4.69, 9.17) is 17.0 Å². The van der Waals surface area contributed by atoms with Gasteiger partial charge in [0, 0.05) is 4.88 Å². The van der Waals surface area contributed by atoms with E-state index < -0.39 is 0 Å². The van der Waals surface area contributed by atoms with Crippen molar-refractivity contribution in [2.45, 2.75) is 33.1 Å². The molecule has 0 bridgehead atoms. The van der Waals surface area contributed by atoms with Gasteiger partial charge in [0.05, 0.1) is 18.2 Å². The van der Waals surface area contributed by atoms with Crippen molar-refractivity contribution in [3.05, 3.63) is 45.3 Å². The van der Waals surface area contributed by atoms with E-state index in [2.05, 4.69) is 23.6 Å². The molecule has 1 atom stereocenters. The molecule has 1 aromatic heterocycles. The predicted octanol–water partition coefficient (Wildman–Crippen LogP) is 4.19. The highest BCUT2D eigenvalue weighted by Gasteiger charge is 2.24. The summed E-state index contributed by atoms with van der Waals surface area (Å²) in [6.07, 6.45) is 2.99. The molecule has 140 valence electrons. The summed E-state index contributed by atoms with van der Waals surface area (Å²) in [6, 6.07) is 7.66. The van der Waals surface area contributed by atoms with Crippen molar-refractivity contribution in [3.8, 4) is 11.8 Å². The molecule has 0 saturated heterocycles. The molecule has 0 saturated carbocycles. The van der Waals surface area contributed by atoms with Gasteiger partial charge in [0.25, 0.3) is 5.91 Å². The molecule has 0 spiro atoms. The van der Waals surface area contributed by atoms with Crippen LogP contribution in [0.1, 0.15) is 45.3 Å². The third-order valence-electron chi connectivity index (χ3n) is 4.74. The molecule has 0 fully saturated rings. The van der Waals surface area contributed by atoms with Gasteiger partial charge in [-0.05, 0) is 61.5 Å². The number of hydrogen-bond acceptors (Lipinski definition) is 5. The summed E-state index contributed by atoms with van der Waals surface area (Å²) in [7, 11) is 1.53. The molecule has 0 aliphatic heterocycles. The van der Waals surface area contributed by atoms with Gasteiger partial charge in [-0.2, -0.15) is 5.26 Å². The molecule has 5 nitrogen and oxygen atoms in total. The number of thiophene rings is 1. The number of amides is 1. The first-order valence-electron chi connectivity index (χ1n) is 8.75. The van der Waals surface area contributed by atoms with Gasteiger partial charge < -0.3 is 10.1 Å². The number of hydrogen-bond donors (Lipinski definition) is 2. The van der Waals surface area contributed by atoms with Crippen LogP contribution in [-0.4, -0.2) is 18.1 Å². The zero-order valence-corrected chi connectivity index (χ0v) is 17.1. The largest absolute Gasteiger partial charge is 0.496 e. The number of para-hydroxylation sites is 1. The van der Waals surface area contributed by atoms with E-state index in [0.29, 0.717) is 27.8 Å². The van der Waals surface area contributed by atoms with Crippen LogP contribution in [0.2, 0.25) is 0 Å². The molecule has 7 heteroatoms. The third-order valence-corrected chi connectivity index (χ3v) is 6.11. The summed E-state index contributed by atoms with van der Waals surface area (Å²) in [5.41, 5.74) is 3.06. The highest BCUT2D eigenvalue weighted by molar-refractivity contribution is 7.80. The van der Waals surface area contributed by atoms with Crippen molar-refractivity contribution < 1.29 is 9.53 Å². The Hall–Kier alpha value is -2.43. The number of ether oxygens (including phenoxy) is 1. The van der Waals surface area contributed by atoms with Crippen LogP contribution in [0.5, 0.6) is 5.75 Å². The normalized spacial score (nSPS) is 15.4. The Morgan fingerprint density at radius 1 is 1.44 bits per heavy atom. The monoisotopic (exact) mass is 399 g/mol. The highest BCUT2D eigenvalue weighted by Crippen LogP contribution is 2.39. The number of aryl methyl sites for hydroxylation is 1. The summed E-state index contributed by atoms with van der Waals surface area (Å²) in [5.74, 6) is 0.800. The van der Waals surface area contributed by atoms with Crippen LogP contribution in [0.4, 0.5) is 5.00 Å². The van der Waals surface area contributed by atoms with Gasteiger partial charge in [0.1, 0.15) is 16.8 Å². The van der Waals surface area contributed by atoms with Gasteiger partial charge in [-0.1, -0.05) is 19.1 Å². The fraction of sp³-hybridized carbons (Fsp3) is 0.350. The Morgan fingerprint density at radius 3 is 2.93 bits per heavy atom. The van der Waals surface area contributed by atoms with E-state index in [9.17, 15) is 10.1 Å². The van der Waals surface area contributed by atoms with Gasteiger partial charge in [0.2, 0.25) is 0 Å². The van der Waals surface area contributed by atoms with Crippen LogP contribution in [0.25, 0.3) is 0 Å². The second-order valence-electron chi connectivity index (χ2n) is 6.73. The van der Waals surface area contributed by atoms with E-state index in [0.717, 1.165) is 30.4 Å². The fourth-order valence-corrected chi connectivity index (χ4v) is 4.99. The quantitative estimate of drug-likeness (QED) is 0.757. The minimum absolute atomic E-state index is 0.173. The smallest absolute Gasteiger partial charge is 0.261 e. The number of nitrogens with zero attached hydrogens (tertiary/aromatic N) is 1. The average Bonchev–Trinajstić information content (AvgIpc) is 2.96. The lowest BCUT2D eigenvalue weighted by Gasteiger charge is -2.17. The number of carbonyl (C=O) groups excluding carboxylic acids is 1. The van der Waals surface area contributed by atoms with E-state index in [1.54, 1.807) is 23.5 Å². The van der Waals surface area contributed by atoms with Crippen LogP contribution in [0.15, 0.2) is 18.2 Å². The molecule has 0 unspecified atom stereocenters. The number of fused-ring (bicyclic) bond motifs is 1. The fourth-order valence-electron chi connectivity index (χ4n) is 3.36. The number of thiocarbonyl (C=S) groups is 1. The summed E-state index contributed by atoms with van der Waals surface area (Å²) in [4.78, 5) is 13.8. The Balaban J connectivity index is 1.76. The van der Waals surface area contributed by atoms with Crippen LogP contribution in [0, 0.1) is 24.2 Å². The summed E-state index contributed by atoms with van der Waals surface area (Å²) >= 11 is 6.86. The van der Waals surface area contributed by atoms with Gasteiger partial charge >= 0.3 is 0 Å². The number of methoxy groups -OCH3 is 1. The molecular weight excluding hydrogens is 378 g/mol. The first kappa shape index (κ1) is 19.3. The van der Waals surface area contributed by atoms with Gasteiger partial charge in [-0.25, -0.2) is 0 Å². The summed E-state index contributed by atoms with van der Waals surface area (Å²) < 4.78 is 5.33. The maximum Gasteiger partial charge on any atom is 0.261 e. The maximum atomic E-state index is 12.6. The first-order valence-corrected chi connectivity index (χ1v) is 9.97. The molecule has 2 N–H and O–H groups in total. The standard InChI is InChI=1S/C20H21N3O2S2/c1-11-7-8-13-15(10-21)19(27-16(13)9-11)23-20(26)22-18(24)14-6-4-5-12(2)17(14)25-3/h4-6,11H,7-9H2,1-3H3,(H2,22,23,24,26)/t11-/m0/s1. The number of carbonyl (C=O) groups is 1. The van der Waals surface area contributed by atoms with Gasteiger partial charge in [0.15, 0.2) is 5.11 Å². The molecule has 3 rings (SSSR count). The minimum Gasteiger partial charge on any atom is -0.496 e. The molecule has 0 radical (unpaired) electrons. The molecule has 2 aromatic rings. The van der Waals surface area contributed by atoms with Crippen molar-refractivity contribution in [2.24, 2.45) is 5.92 Å². The molecule has 1 aliphatic rings. The van der Waals surface area contributed by atoms with Crippen LogP contribution < -0.4 is 15.4 Å². The Kier molecular flexibility index (Phi) is 5.78. The third kappa shape index (κ3) is 3.97. The zero-order chi connectivity index (χ0) is 19.6.